The Bertz CT molecular complexity index is 970. The quantitative estimate of drug-likeness (QED) is 0.457. The maximum Gasteiger partial charge on any atom is 0.211 e. The SMILES string of the molecule is NCCC1(c2nnc[nH]2)c2ccc(NC=O)cc2CCc2cc(NC=O)ccc21. The van der Waals surface area contributed by atoms with Crippen LogP contribution in [0.3, 0.4) is 0 Å². The maximum atomic E-state index is 10.9. The topological polar surface area (TPSA) is 126 Å². The molecule has 0 atom stereocenters. The number of nitrogens with two attached hydrogens (primary N) is 1. The number of aryl methyl sites for hydroxylation is 2. The van der Waals surface area contributed by atoms with Gasteiger partial charge in [0.1, 0.15) is 12.2 Å². The molecule has 0 bridgehead atoms. The van der Waals surface area contributed by atoms with Crippen molar-refractivity contribution in [2.24, 2.45) is 5.73 Å². The normalized spacial score (nSPS) is 14.2. The van der Waals surface area contributed by atoms with Crippen LogP contribution in [0.25, 0.3) is 0 Å². The zero-order chi connectivity index (χ0) is 20.3. The summed E-state index contributed by atoms with van der Waals surface area (Å²) in [6, 6.07) is 11.9. The first-order chi connectivity index (χ1) is 14.2. The fraction of sp³-hybridized carbons (Fsp3) is 0.238. The number of nitrogens with one attached hydrogen (secondary N) is 3. The number of rotatable bonds is 7. The summed E-state index contributed by atoms with van der Waals surface area (Å²) in [5.74, 6) is 0.722. The summed E-state index contributed by atoms with van der Waals surface area (Å²) in [5, 5.41) is 13.9. The van der Waals surface area contributed by atoms with Crippen LogP contribution in [0.5, 0.6) is 0 Å². The number of aromatic amines is 1. The third-order valence-electron chi connectivity index (χ3n) is 5.59. The standard InChI is InChI=1S/C21H22N6O2/c22-8-7-21(20-23-11-26-27-20)18-5-3-16(24-12-28)9-14(18)1-2-15-10-17(25-13-29)4-6-19(15)21/h3-6,9-13H,1-2,7-8,22H2,(H,24,28)(H,25,29)(H,23,26,27). The van der Waals surface area contributed by atoms with E-state index in [9.17, 15) is 9.59 Å². The van der Waals surface area contributed by atoms with E-state index in [-0.39, 0.29) is 0 Å². The Morgan fingerprint density at radius 3 is 2.03 bits per heavy atom. The number of aromatic nitrogens is 3. The lowest BCUT2D eigenvalue weighted by molar-refractivity contribution is -0.106. The molecule has 0 unspecified atom stereocenters. The molecule has 5 N–H and O–H groups in total. The molecular formula is C21H22N6O2. The summed E-state index contributed by atoms with van der Waals surface area (Å²) >= 11 is 0. The molecule has 1 aromatic heterocycles. The molecule has 29 heavy (non-hydrogen) atoms. The molecule has 8 nitrogen and oxygen atoms in total. The maximum absolute atomic E-state index is 10.9. The van der Waals surface area contributed by atoms with E-state index in [2.05, 4.69) is 25.8 Å². The number of hydrogen-bond donors (Lipinski definition) is 4. The number of nitrogens with zero attached hydrogens (tertiary/aromatic N) is 2. The second-order valence-electron chi connectivity index (χ2n) is 7.05. The van der Waals surface area contributed by atoms with E-state index < -0.39 is 5.41 Å². The first-order valence-corrected chi connectivity index (χ1v) is 9.46. The highest BCUT2D eigenvalue weighted by Crippen LogP contribution is 2.46. The van der Waals surface area contributed by atoms with Gasteiger partial charge in [-0.1, -0.05) is 12.1 Å². The summed E-state index contributed by atoms with van der Waals surface area (Å²) in [4.78, 5) is 25.0. The predicted molar refractivity (Wildman–Crippen MR) is 110 cm³/mol. The average Bonchev–Trinajstić information content (AvgIpc) is 3.23. The largest absolute Gasteiger partial charge is 0.331 e. The van der Waals surface area contributed by atoms with Crippen LogP contribution in [-0.4, -0.2) is 34.5 Å². The van der Waals surface area contributed by atoms with Crippen LogP contribution in [0.4, 0.5) is 11.4 Å². The van der Waals surface area contributed by atoms with Gasteiger partial charge in [-0.05, 0) is 72.3 Å². The van der Waals surface area contributed by atoms with Gasteiger partial charge in [-0.2, -0.15) is 0 Å². The Labute approximate surface area is 167 Å². The summed E-state index contributed by atoms with van der Waals surface area (Å²) in [6.07, 6.45) is 5.11. The van der Waals surface area contributed by atoms with Crippen molar-refractivity contribution in [3.05, 3.63) is 70.8 Å². The molecule has 0 spiro atoms. The Hall–Kier alpha value is -3.52. The van der Waals surface area contributed by atoms with Crippen molar-refractivity contribution in [3.63, 3.8) is 0 Å². The minimum absolute atomic E-state index is 0.447. The summed E-state index contributed by atoms with van der Waals surface area (Å²) < 4.78 is 0. The van der Waals surface area contributed by atoms with Crippen LogP contribution < -0.4 is 16.4 Å². The monoisotopic (exact) mass is 390 g/mol. The van der Waals surface area contributed by atoms with Crippen molar-refractivity contribution in [1.82, 2.24) is 15.2 Å². The van der Waals surface area contributed by atoms with Crippen molar-refractivity contribution >= 4 is 24.2 Å². The van der Waals surface area contributed by atoms with Gasteiger partial charge in [0.25, 0.3) is 0 Å². The summed E-state index contributed by atoms with van der Waals surface area (Å²) in [7, 11) is 0. The van der Waals surface area contributed by atoms with Crippen molar-refractivity contribution < 1.29 is 9.59 Å². The minimum atomic E-state index is -0.605. The zero-order valence-corrected chi connectivity index (χ0v) is 15.8. The number of amides is 2. The molecule has 1 aliphatic rings. The van der Waals surface area contributed by atoms with Gasteiger partial charge < -0.3 is 21.4 Å². The van der Waals surface area contributed by atoms with Gasteiger partial charge in [-0.3, -0.25) is 9.59 Å². The highest BCUT2D eigenvalue weighted by molar-refractivity contribution is 5.74. The fourth-order valence-corrected chi connectivity index (χ4v) is 4.44. The first kappa shape index (κ1) is 18.8. The number of benzene rings is 2. The van der Waals surface area contributed by atoms with E-state index in [0.717, 1.165) is 52.3 Å². The van der Waals surface area contributed by atoms with Gasteiger partial charge in [0, 0.05) is 11.4 Å². The number of hydrogen-bond acceptors (Lipinski definition) is 5. The molecule has 2 amide bonds. The van der Waals surface area contributed by atoms with Crippen LogP contribution in [0.15, 0.2) is 42.7 Å². The second kappa shape index (κ2) is 7.84. The van der Waals surface area contributed by atoms with E-state index in [4.69, 9.17) is 5.73 Å². The van der Waals surface area contributed by atoms with E-state index in [1.807, 2.05) is 36.4 Å². The molecule has 0 saturated heterocycles. The molecule has 0 aliphatic heterocycles. The second-order valence-corrected chi connectivity index (χ2v) is 7.05. The van der Waals surface area contributed by atoms with Crippen LogP contribution in [0.1, 0.15) is 34.5 Å². The van der Waals surface area contributed by atoms with E-state index >= 15 is 0 Å². The van der Waals surface area contributed by atoms with Crippen LogP contribution >= 0.6 is 0 Å². The Morgan fingerprint density at radius 1 is 1.00 bits per heavy atom. The molecule has 4 rings (SSSR count). The zero-order valence-electron chi connectivity index (χ0n) is 15.8. The first-order valence-electron chi connectivity index (χ1n) is 9.46. The molecular weight excluding hydrogens is 368 g/mol. The highest BCUT2D eigenvalue weighted by Gasteiger charge is 2.43. The summed E-state index contributed by atoms with van der Waals surface area (Å²) in [6.45, 7) is 0.447. The number of carbonyl (C=O) groups excluding carboxylic acids is 2. The van der Waals surface area contributed by atoms with Gasteiger partial charge in [0.2, 0.25) is 12.8 Å². The number of anilines is 2. The lowest BCUT2D eigenvalue weighted by Gasteiger charge is -2.34. The van der Waals surface area contributed by atoms with Crippen molar-refractivity contribution in [2.45, 2.75) is 24.7 Å². The van der Waals surface area contributed by atoms with Gasteiger partial charge in [-0.15, -0.1) is 10.2 Å². The lowest BCUT2D eigenvalue weighted by atomic mass is 9.69. The summed E-state index contributed by atoms with van der Waals surface area (Å²) in [5.41, 5.74) is 11.4. The number of H-pyrrole nitrogens is 1. The van der Waals surface area contributed by atoms with Crippen LogP contribution in [0, 0.1) is 0 Å². The van der Waals surface area contributed by atoms with Crippen molar-refractivity contribution in [2.75, 3.05) is 17.2 Å². The Balaban J connectivity index is 2.00. The van der Waals surface area contributed by atoms with E-state index in [1.165, 1.54) is 0 Å². The third kappa shape index (κ3) is 3.17. The van der Waals surface area contributed by atoms with E-state index in [1.54, 1.807) is 6.33 Å². The van der Waals surface area contributed by atoms with Crippen LogP contribution in [-0.2, 0) is 27.8 Å². The molecule has 2 aromatic carbocycles. The molecule has 1 heterocycles. The van der Waals surface area contributed by atoms with Gasteiger partial charge in [0.05, 0.1) is 5.41 Å². The average molecular weight is 390 g/mol. The third-order valence-corrected chi connectivity index (χ3v) is 5.59. The number of fused-ring (bicyclic) bond motifs is 2. The smallest absolute Gasteiger partial charge is 0.211 e. The fourth-order valence-electron chi connectivity index (χ4n) is 4.44. The molecule has 8 heteroatoms. The Kier molecular flexibility index (Phi) is 5.09. The molecule has 0 fully saturated rings. The molecule has 0 radical (unpaired) electrons. The van der Waals surface area contributed by atoms with Crippen molar-refractivity contribution in [3.8, 4) is 0 Å². The molecule has 0 saturated carbocycles. The van der Waals surface area contributed by atoms with E-state index in [0.29, 0.717) is 25.8 Å². The van der Waals surface area contributed by atoms with Crippen molar-refractivity contribution in [1.29, 1.82) is 0 Å². The van der Waals surface area contributed by atoms with Crippen LogP contribution in [0.2, 0.25) is 0 Å². The van der Waals surface area contributed by atoms with Gasteiger partial charge in [-0.25, -0.2) is 0 Å². The minimum Gasteiger partial charge on any atom is -0.331 e. The van der Waals surface area contributed by atoms with Gasteiger partial charge in [0.15, 0.2) is 0 Å². The lowest BCUT2D eigenvalue weighted by Crippen LogP contribution is -2.34. The number of carbonyl (C=O) groups is 2. The highest BCUT2D eigenvalue weighted by atomic mass is 16.1. The molecule has 3 aromatic rings. The molecule has 148 valence electrons. The molecule has 1 aliphatic carbocycles. The Morgan fingerprint density at radius 2 is 1.59 bits per heavy atom. The predicted octanol–water partition coefficient (Wildman–Crippen LogP) is 1.72. The van der Waals surface area contributed by atoms with Gasteiger partial charge >= 0.3 is 0 Å².